The molecule has 2 unspecified atom stereocenters. The second kappa shape index (κ2) is 7.96. The average Bonchev–Trinajstić information content (AvgIpc) is 3.24. The van der Waals surface area contributed by atoms with Crippen molar-refractivity contribution < 1.29 is 14.6 Å². The van der Waals surface area contributed by atoms with E-state index in [9.17, 15) is 9.90 Å². The van der Waals surface area contributed by atoms with Crippen LogP contribution in [0.4, 0.5) is 0 Å². The summed E-state index contributed by atoms with van der Waals surface area (Å²) in [5.74, 6) is 0.115. The van der Waals surface area contributed by atoms with Gasteiger partial charge in [-0.05, 0) is 48.7 Å². The van der Waals surface area contributed by atoms with E-state index < -0.39 is 0 Å². The Morgan fingerprint density at radius 2 is 1.94 bits per heavy atom. The zero-order chi connectivity index (χ0) is 22.2. The number of aromatic hydroxyl groups is 1. The first-order valence-electron chi connectivity index (χ1n) is 10.6. The van der Waals surface area contributed by atoms with Gasteiger partial charge in [0.2, 0.25) is 0 Å². The minimum atomic E-state index is -0.373. The quantitative estimate of drug-likeness (QED) is 0.468. The Bertz CT molecular complexity index is 1290. The maximum absolute atomic E-state index is 12.7. The molecule has 32 heavy (non-hydrogen) atoms. The molecule has 1 aliphatic carbocycles. The summed E-state index contributed by atoms with van der Waals surface area (Å²) in [5, 5.41) is 22.7. The van der Waals surface area contributed by atoms with Crippen molar-refractivity contribution in [1.82, 2.24) is 24.8 Å². The van der Waals surface area contributed by atoms with Crippen molar-refractivity contribution in [2.24, 2.45) is 7.05 Å². The third-order valence-electron chi connectivity index (χ3n) is 5.71. The van der Waals surface area contributed by atoms with Crippen molar-refractivity contribution in [2.75, 3.05) is 6.61 Å². The Hall–Kier alpha value is -3.94. The lowest BCUT2D eigenvalue weighted by molar-refractivity contribution is 0.0525. The van der Waals surface area contributed by atoms with Crippen LogP contribution in [0.25, 0.3) is 16.8 Å². The van der Waals surface area contributed by atoms with Gasteiger partial charge in [-0.15, -0.1) is 5.10 Å². The van der Waals surface area contributed by atoms with Crippen LogP contribution >= 0.6 is 0 Å². The maximum atomic E-state index is 12.7. The largest absolute Gasteiger partial charge is 0.508 e. The number of aromatic nitrogens is 5. The highest BCUT2D eigenvalue weighted by Gasteiger charge is 2.46. The predicted octanol–water partition coefficient (Wildman–Crippen LogP) is 3.82. The van der Waals surface area contributed by atoms with Gasteiger partial charge in [-0.2, -0.15) is 5.10 Å². The highest BCUT2D eigenvalue weighted by Crippen LogP contribution is 2.55. The third kappa shape index (κ3) is 3.64. The molecule has 0 amide bonds. The molecule has 162 valence electrons. The van der Waals surface area contributed by atoms with Crippen molar-refractivity contribution in [3.8, 4) is 22.6 Å². The third-order valence-corrected chi connectivity index (χ3v) is 5.71. The molecule has 4 aromatic rings. The monoisotopic (exact) mass is 429 g/mol. The Morgan fingerprint density at radius 3 is 2.66 bits per heavy atom. The number of hydrogen-bond acceptors (Lipinski definition) is 6. The van der Waals surface area contributed by atoms with Crippen molar-refractivity contribution in [2.45, 2.75) is 25.2 Å². The summed E-state index contributed by atoms with van der Waals surface area (Å²) in [7, 11) is 1.84. The molecule has 0 radical (unpaired) electrons. The molecule has 1 fully saturated rings. The van der Waals surface area contributed by atoms with E-state index in [-0.39, 0.29) is 23.6 Å². The molecule has 2 atom stereocenters. The number of hydrogen-bond donors (Lipinski definition) is 1. The fourth-order valence-electron chi connectivity index (χ4n) is 4.15. The van der Waals surface area contributed by atoms with Crippen LogP contribution in [0.5, 0.6) is 5.75 Å². The number of carbonyl (C=O) groups excluding carboxylic acids is 1. The molecule has 2 heterocycles. The van der Waals surface area contributed by atoms with E-state index in [4.69, 9.17) is 4.74 Å². The van der Waals surface area contributed by atoms with Gasteiger partial charge in [0.1, 0.15) is 11.3 Å². The minimum absolute atomic E-state index is 0.0954. The molecule has 1 aliphatic rings. The van der Waals surface area contributed by atoms with E-state index in [0.717, 1.165) is 34.6 Å². The van der Waals surface area contributed by atoms with Crippen LogP contribution in [0.3, 0.4) is 0 Å². The van der Waals surface area contributed by atoms with Gasteiger partial charge in [-0.25, -0.2) is 9.48 Å². The van der Waals surface area contributed by atoms with Crippen LogP contribution in [0.15, 0.2) is 60.9 Å². The van der Waals surface area contributed by atoms with Crippen LogP contribution in [0.2, 0.25) is 0 Å². The number of aryl methyl sites for hydroxylation is 1. The van der Waals surface area contributed by atoms with Gasteiger partial charge in [-0.3, -0.25) is 4.68 Å². The Labute approximate surface area is 185 Å². The molecule has 8 nitrogen and oxygen atoms in total. The SMILES string of the molecule is CCOC(=O)c1cnn(-c2cccc(-c3cccc(O)c3)c2)c1C1CC1c1cn(C)nn1. The molecule has 8 heteroatoms. The molecule has 0 spiro atoms. The van der Waals surface area contributed by atoms with E-state index in [1.807, 2.05) is 54.3 Å². The van der Waals surface area contributed by atoms with Gasteiger partial charge in [0.05, 0.1) is 29.9 Å². The number of esters is 1. The van der Waals surface area contributed by atoms with Crippen molar-refractivity contribution in [3.63, 3.8) is 0 Å². The lowest BCUT2D eigenvalue weighted by atomic mass is 10.0. The molecule has 1 saturated carbocycles. The summed E-state index contributed by atoms with van der Waals surface area (Å²) in [6, 6.07) is 15.0. The van der Waals surface area contributed by atoms with Gasteiger partial charge in [0.25, 0.3) is 0 Å². The number of rotatable bonds is 6. The normalized spacial score (nSPS) is 17.3. The predicted molar refractivity (Wildman–Crippen MR) is 118 cm³/mol. The van der Waals surface area contributed by atoms with Gasteiger partial charge < -0.3 is 9.84 Å². The highest BCUT2D eigenvalue weighted by atomic mass is 16.5. The van der Waals surface area contributed by atoms with E-state index in [0.29, 0.717) is 12.2 Å². The van der Waals surface area contributed by atoms with Crippen LogP contribution in [0, 0.1) is 0 Å². The topological polar surface area (TPSA) is 95.1 Å². The van der Waals surface area contributed by atoms with Crippen LogP contribution in [0.1, 0.15) is 46.9 Å². The molecular weight excluding hydrogens is 406 g/mol. The second-order valence-electron chi connectivity index (χ2n) is 7.94. The first kappa shape index (κ1) is 20.0. The number of ether oxygens (including phenoxy) is 1. The van der Waals surface area contributed by atoms with Gasteiger partial charge in [-0.1, -0.05) is 29.5 Å². The van der Waals surface area contributed by atoms with Crippen molar-refractivity contribution in [3.05, 3.63) is 77.9 Å². The smallest absolute Gasteiger partial charge is 0.341 e. The minimum Gasteiger partial charge on any atom is -0.508 e. The summed E-state index contributed by atoms with van der Waals surface area (Å²) in [6.45, 7) is 2.09. The highest BCUT2D eigenvalue weighted by molar-refractivity contribution is 5.91. The molecule has 2 aromatic carbocycles. The van der Waals surface area contributed by atoms with Crippen LogP contribution in [-0.4, -0.2) is 42.5 Å². The standard InChI is InChI=1S/C24H23N5O3/c1-3-32-24(31)21-13-25-29(23(21)20-12-19(20)22-14-28(2)27-26-22)17-8-4-6-15(10-17)16-7-5-9-18(30)11-16/h4-11,13-14,19-20,30H,3,12H2,1-2H3. The molecule has 0 bridgehead atoms. The number of nitrogens with zero attached hydrogens (tertiary/aromatic N) is 5. The molecular formula is C24H23N5O3. The summed E-state index contributed by atoms with van der Waals surface area (Å²) in [6.07, 6.45) is 4.36. The van der Waals surface area contributed by atoms with Gasteiger partial charge in [0, 0.05) is 25.1 Å². The second-order valence-corrected chi connectivity index (χ2v) is 7.94. The number of phenolic OH excluding ortho intramolecular Hbond substituents is 1. The molecule has 5 rings (SSSR count). The first-order chi connectivity index (χ1) is 15.5. The van der Waals surface area contributed by atoms with Crippen LogP contribution < -0.4 is 0 Å². The summed E-state index contributed by atoms with van der Waals surface area (Å²) in [4.78, 5) is 12.7. The average molecular weight is 429 g/mol. The first-order valence-corrected chi connectivity index (χ1v) is 10.6. The van der Waals surface area contributed by atoms with E-state index in [2.05, 4.69) is 15.4 Å². The van der Waals surface area contributed by atoms with Crippen molar-refractivity contribution in [1.29, 1.82) is 0 Å². The van der Waals surface area contributed by atoms with Gasteiger partial charge >= 0.3 is 5.97 Å². The van der Waals surface area contributed by atoms with E-state index in [1.165, 1.54) is 0 Å². The molecule has 1 N–H and O–H groups in total. The lowest BCUT2D eigenvalue weighted by Crippen LogP contribution is -2.09. The number of benzene rings is 2. The number of phenols is 1. The fourth-order valence-corrected chi connectivity index (χ4v) is 4.15. The zero-order valence-electron chi connectivity index (χ0n) is 17.8. The Kier molecular flexibility index (Phi) is 4.97. The zero-order valence-corrected chi connectivity index (χ0v) is 17.8. The summed E-state index contributed by atoms with van der Waals surface area (Å²) < 4.78 is 8.80. The fraction of sp³-hybridized carbons (Fsp3) is 0.250. The maximum Gasteiger partial charge on any atom is 0.341 e. The Balaban J connectivity index is 1.56. The molecule has 2 aromatic heterocycles. The Morgan fingerprint density at radius 1 is 1.16 bits per heavy atom. The van der Waals surface area contributed by atoms with E-state index in [1.54, 1.807) is 29.9 Å². The van der Waals surface area contributed by atoms with E-state index >= 15 is 0 Å². The lowest BCUT2D eigenvalue weighted by Gasteiger charge is -2.11. The summed E-state index contributed by atoms with van der Waals surface area (Å²) >= 11 is 0. The van der Waals surface area contributed by atoms with Gasteiger partial charge in [0.15, 0.2) is 0 Å². The molecule has 0 saturated heterocycles. The van der Waals surface area contributed by atoms with Crippen LogP contribution in [-0.2, 0) is 11.8 Å². The summed E-state index contributed by atoms with van der Waals surface area (Å²) in [5.41, 5.74) is 4.89. The number of carbonyl (C=O) groups is 1. The van der Waals surface area contributed by atoms with Crippen molar-refractivity contribution >= 4 is 5.97 Å². The molecule has 0 aliphatic heterocycles.